The van der Waals surface area contributed by atoms with Crippen molar-refractivity contribution in [3.63, 3.8) is 0 Å². The fourth-order valence-corrected chi connectivity index (χ4v) is 1.50. The first-order valence-electron chi connectivity index (χ1n) is 2.97. The molecule has 0 bridgehead atoms. The van der Waals surface area contributed by atoms with Crippen molar-refractivity contribution in [2.75, 3.05) is 6.26 Å². The van der Waals surface area contributed by atoms with Crippen LogP contribution in [0.15, 0.2) is 23.8 Å². The Balaban J connectivity index is 2.59. The maximum absolute atomic E-state index is 3.04. The molecule has 0 fully saturated rings. The van der Waals surface area contributed by atoms with Gasteiger partial charge in [0.15, 0.2) is 0 Å². The first kappa shape index (κ1) is 6.81. The summed E-state index contributed by atoms with van der Waals surface area (Å²) < 4.78 is 0. The predicted molar refractivity (Wildman–Crippen MR) is 45.3 cm³/mol. The number of rotatable bonds is 1. The molecule has 9 heavy (non-hydrogen) atoms. The lowest BCUT2D eigenvalue weighted by Gasteiger charge is -2.10. The Kier molecular flexibility index (Phi) is 2.28. The molecule has 0 spiro atoms. The topological polar surface area (TPSA) is 12.0 Å². The van der Waals surface area contributed by atoms with Crippen LogP contribution in [0.3, 0.4) is 0 Å². The van der Waals surface area contributed by atoms with Gasteiger partial charge >= 0.3 is 0 Å². The first-order chi connectivity index (χ1) is 4.34. The molecule has 1 N–H and O–H groups in total. The van der Waals surface area contributed by atoms with E-state index in [1.165, 1.54) is 5.47 Å². The van der Waals surface area contributed by atoms with E-state index in [-0.39, 0.29) is 0 Å². The van der Waals surface area contributed by atoms with Crippen molar-refractivity contribution in [2.24, 2.45) is 0 Å². The summed E-state index contributed by atoms with van der Waals surface area (Å²) in [5.41, 5.74) is 1.39. The molecule has 1 aliphatic heterocycles. The van der Waals surface area contributed by atoms with Crippen molar-refractivity contribution < 1.29 is 0 Å². The van der Waals surface area contributed by atoms with Crippen LogP contribution in [0, 0.1) is 0 Å². The molecular weight excluding hydrogens is 129 g/mol. The van der Waals surface area contributed by atoms with Crippen LogP contribution < -0.4 is 5.32 Å². The molecule has 1 aliphatic rings. The number of hydrogen-bond acceptors (Lipinski definition) is 2. The van der Waals surface area contributed by atoms with E-state index >= 15 is 0 Å². The lowest BCUT2D eigenvalue weighted by molar-refractivity contribution is 1.17. The molecule has 48 valence electrons. The summed E-state index contributed by atoms with van der Waals surface area (Å²) in [4.78, 5) is 0. The standard InChI is InChI=1S/C6H10BNS/c1-6-5-8-4-3-7(6)9-2/h3-5,8H,1-2H3. The quantitative estimate of drug-likeness (QED) is 0.551. The molecule has 0 saturated carbocycles. The molecule has 0 unspecified atom stereocenters. The molecule has 1 heterocycles. The Morgan fingerprint density at radius 3 is 2.89 bits per heavy atom. The van der Waals surface area contributed by atoms with Gasteiger partial charge in [0, 0.05) is 0 Å². The SMILES string of the molecule is CSB1C=CNC=C1C. The van der Waals surface area contributed by atoms with Crippen LogP contribution in [0.1, 0.15) is 6.92 Å². The van der Waals surface area contributed by atoms with Crippen LogP contribution in [-0.4, -0.2) is 12.2 Å². The van der Waals surface area contributed by atoms with Crippen molar-refractivity contribution in [1.29, 1.82) is 0 Å². The third kappa shape index (κ3) is 1.55. The Labute approximate surface area is 60.6 Å². The largest absolute Gasteiger partial charge is 0.370 e. The zero-order valence-corrected chi connectivity index (χ0v) is 6.53. The molecule has 0 atom stereocenters. The number of nitrogens with one attached hydrogen (secondary N) is 1. The Bertz CT molecular complexity index is 153. The Hall–Kier alpha value is -0.305. The normalized spacial score (nSPS) is 17.1. The highest BCUT2D eigenvalue weighted by molar-refractivity contribution is 8.26. The highest BCUT2D eigenvalue weighted by Crippen LogP contribution is 2.13. The second kappa shape index (κ2) is 3.02. The van der Waals surface area contributed by atoms with Crippen LogP contribution in [0.25, 0.3) is 0 Å². The molecule has 0 saturated heterocycles. The van der Waals surface area contributed by atoms with E-state index < -0.39 is 0 Å². The van der Waals surface area contributed by atoms with E-state index in [0.29, 0.717) is 5.99 Å². The molecule has 0 aromatic carbocycles. The number of allylic oxidation sites excluding steroid dienone is 1. The summed E-state index contributed by atoms with van der Waals surface area (Å²) in [6.07, 6.45) is 6.15. The van der Waals surface area contributed by atoms with Crippen molar-refractivity contribution in [3.8, 4) is 0 Å². The van der Waals surface area contributed by atoms with Crippen LogP contribution in [-0.2, 0) is 0 Å². The van der Waals surface area contributed by atoms with E-state index in [9.17, 15) is 0 Å². The van der Waals surface area contributed by atoms with E-state index in [1.807, 2.05) is 24.0 Å². The molecule has 0 amide bonds. The average molecular weight is 139 g/mol. The van der Waals surface area contributed by atoms with Gasteiger partial charge in [-0.3, -0.25) is 0 Å². The highest BCUT2D eigenvalue weighted by atomic mass is 32.2. The lowest BCUT2D eigenvalue weighted by Crippen LogP contribution is -2.15. The molecule has 1 rings (SSSR count). The molecule has 0 aliphatic carbocycles. The summed E-state index contributed by atoms with van der Waals surface area (Å²) in [7, 11) is 0. The van der Waals surface area contributed by atoms with Gasteiger partial charge < -0.3 is 5.32 Å². The van der Waals surface area contributed by atoms with Gasteiger partial charge in [-0.15, -0.1) is 0 Å². The average Bonchev–Trinajstić information content (AvgIpc) is 1.89. The van der Waals surface area contributed by atoms with Gasteiger partial charge in [-0.2, -0.15) is 0 Å². The Morgan fingerprint density at radius 1 is 1.67 bits per heavy atom. The lowest BCUT2D eigenvalue weighted by atomic mass is 9.68. The van der Waals surface area contributed by atoms with Crippen molar-refractivity contribution in [1.82, 2.24) is 5.32 Å². The highest BCUT2D eigenvalue weighted by Gasteiger charge is 2.11. The fraction of sp³-hybridized carbons (Fsp3) is 0.333. The summed E-state index contributed by atoms with van der Waals surface area (Å²) in [6.45, 7) is 2.14. The summed E-state index contributed by atoms with van der Waals surface area (Å²) in [5, 5.41) is 3.04. The molecule has 0 aromatic rings. The van der Waals surface area contributed by atoms with Gasteiger partial charge in [-0.1, -0.05) is 11.4 Å². The minimum atomic E-state index is 0.589. The predicted octanol–water partition coefficient (Wildman–Crippen LogP) is 1.44. The van der Waals surface area contributed by atoms with Crippen molar-refractivity contribution in [2.45, 2.75) is 6.92 Å². The number of hydrogen-bond donors (Lipinski definition) is 1. The van der Waals surface area contributed by atoms with Crippen LogP contribution in [0.4, 0.5) is 0 Å². The third-order valence-electron chi connectivity index (χ3n) is 1.38. The summed E-state index contributed by atoms with van der Waals surface area (Å²) in [6, 6.07) is 0. The molecule has 0 aromatic heterocycles. The molecule has 3 heteroatoms. The second-order valence-corrected chi connectivity index (χ2v) is 3.05. The molecular formula is C6H10BNS. The van der Waals surface area contributed by atoms with Gasteiger partial charge in [0.05, 0.1) is 0 Å². The van der Waals surface area contributed by atoms with Gasteiger partial charge in [-0.25, -0.2) is 11.6 Å². The minimum Gasteiger partial charge on any atom is -0.370 e. The van der Waals surface area contributed by atoms with Crippen molar-refractivity contribution in [3.05, 3.63) is 23.8 Å². The van der Waals surface area contributed by atoms with Crippen LogP contribution >= 0.6 is 11.6 Å². The zero-order chi connectivity index (χ0) is 6.69. The maximum atomic E-state index is 3.04. The maximum Gasteiger partial charge on any atom is 0.265 e. The summed E-state index contributed by atoms with van der Waals surface area (Å²) >= 11 is 1.86. The van der Waals surface area contributed by atoms with Gasteiger partial charge in [0.1, 0.15) is 0 Å². The Morgan fingerprint density at radius 2 is 2.44 bits per heavy atom. The van der Waals surface area contributed by atoms with Crippen LogP contribution in [0.5, 0.6) is 0 Å². The molecule has 0 radical (unpaired) electrons. The monoisotopic (exact) mass is 139 g/mol. The smallest absolute Gasteiger partial charge is 0.265 e. The van der Waals surface area contributed by atoms with Gasteiger partial charge in [-0.05, 0) is 25.6 Å². The van der Waals surface area contributed by atoms with Gasteiger partial charge in [0.2, 0.25) is 0 Å². The van der Waals surface area contributed by atoms with Gasteiger partial charge in [0.25, 0.3) is 5.99 Å². The minimum absolute atomic E-state index is 0.589. The van der Waals surface area contributed by atoms with E-state index in [4.69, 9.17) is 0 Å². The second-order valence-electron chi connectivity index (χ2n) is 2.07. The first-order valence-corrected chi connectivity index (χ1v) is 4.25. The zero-order valence-electron chi connectivity index (χ0n) is 5.72. The van der Waals surface area contributed by atoms with E-state index in [2.05, 4.69) is 24.5 Å². The molecule has 1 nitrogen and oxygen atoms in total. The fourth-order valence-electron chi connectivity index (χ4n) is 0.821. The van der Waals surface area contributed by atoms with Crippen LogP contribution in [0.2, 0.25) is 0 Å². The summed E-state index contributed by atoms with van der Waals surface area (Å²) in [5.74, 6) is 2.76. The van der Waals surface area contributed by atoms with Crippen molar-refractivity contribution >= 4 is 17.6 Å². The van der Waals surface area contributed by atoms with E-state index in [0.717, 1.165) is 0 Å². The van der Waals surface area contributed by atoms with E-state index in [1.54, 1.807) is 0 Å². The third-order valence-corrected chi connectivity index (χ3v) is 2.42.